The normalized spacial score (nSPS) is 15.9. The number of aromatic nitrogens is 2. The van der Waals surface area contributed by atoms with Crippen LogP contribution in [0.15, 0.2) is 35.3 Å². The first-order valence-electron chi connectivity index (χ1n) is 9.42. The van der Waals surface area contributed by atoms with E-state index in [-0.39, 0.29) is 17.2 Å². The Bertz CT molecular complexity index is 909. The fraction of sp³-hybridized carbons (Fsp3) is 0.450. The molecule has 150 valence electrons. The number of benzene rings is 1. The van der Waals surface area contributed by atoms with Gasteiger partial charge in [-0.3, -0.25) is 9.36 Å². The maximum Gasteiger partial charge on any atom is 0.348 e. The first kappa shape index (κ1) is 20.4. The third kappa shape index (κ3) is 4.36. The summed E-state index contributed by atoms with van der Waals surface area (Å²) in [6.07, 6.45) is 5.70. The summed E-state index contributed by atoms with van der Waals surface area (Å²) in [5.41, 5.74) is 0.592. The third-order valence-corrected chi connectivity index (χ3v) is 5.67. The van der Waals surface area contributed by atoms with E-state index < -0.39 is 12.1 Å². The van der Waals surface area contributed by atoms with Crippen LogP contribution in [0.2, 0.25) is 5.02 Å². The number of anilines is 2. The van der Waals surface area contributed by atoms with Crippen LogP contribution in [0.5, 0.6) is 0 Å². The third-order valence-electron chi connectivity index (χ3n) is 5.34. The van der Waals surface area contributed by atoms with Crippen molar-refractivity contribution in [1.29, 1.82) is 0 Å². The molecule has 0 saturated heterocycles. The van der Waals surface area contributed by atoms with Crippen molar-refractivity contribution in [3.63, 3.8) is 0 Å². The van der Waals surface area contributed by atoms with Crippen LogP contribution in [0.25, 0.3) is 0 Å². The van der Waals surface area contributed by atoms with Crippen molar-refractivity contribution in [3.05, 3.63) is 51.5 Å². The topological polar surface area (TPSA) is 87.5 Å². The van der Waals surface area contributed by atoms with Gasteiger partial charge in [-0.25, -0.2) is 9.78 Å². The van der Waals surface area contributed by atoms with E-state index in [0.29, 0.717) is 16.5 Å². The zero-order valence-corrected chi connectivity index (χ0v) is 16.8. The second kappa shape index (κ2) is 8.75. The van der Waals surface area contributed by atoms with Gasteiger partial charge in [0.05, 0.1) is 10.6 Å². The number of hydrogen-bond acceptors (Lipinski definition) is 5. The van der Waals surface area contributed by atoms with Gasteiger partial charge in [0.15, 0.2) is 0 Å². The Morgan fingerprint density at radius 2 is 2.04 bits per heavy atom. The summed E-state index contributed by atoms with van der Waals surface area (Å²) in [5, 5.41) is 13.4. The Morgan fingerprint density at radius 1 is 1.32 bits per heavy atom. The maximum absolute atomic E-state index is 12.7. The fourth-order valence-electron chi connectivity index (χ4n) is 3.61. The number of aliphatic hydroxyl groups is 1. The number of nitrogens with one attached hydrogen (secondary N) is 1. The Labute approximate surface area is 169 Å². The molecule has 0 radical (unpaired) electrons. The van der Waals surface area contributed by atoms with Gasteiger partial charge in [-0.2, -0.15) is 0 Å². The van der Waals surface area contributed by atoms with Gasteiger partial charge in [0.2, 0.25) is 0 Å². The highest BCUT2D eigenvalue weighted by atomic mass is 35.5. The summed E-state index contributed by atoms with van der Waals surface area (Å²) >= 11 is 6.24. The molecule has 1 aliphatic carbocycles. The quantitative estimate of drug-likeness (QED) is 0.748. The highest BCUT2D eigenvalue weighted by Gasteiger charge is 2.24. The SMILES string of the molecule is CN(c1ccc(Cl)c(C(=O)NC(O)C2CCCCC2)c1)c1ccnc(=O)n1C. The summed E-state index contributed by atoms with van der Waals surface area (Å²) in [6.45, 7) is 0. The lowest BCUT2D eigenvalue weighted by molar-refractivity contribution is 0.0463. The number of amides is 1. The molecule has 1 amide bonds. The lowest BCUT2D eigenvalue weighted by Crippen LogP contribution is -2.41. The van der Waals surface area contributed by atoms with Gasteiger partial charge >= 0.3 is 5.69 Å². The summed E-state index contributed by atoms with van der Waals surface area (Å²) in [4.78, 5) is 30.0. The number of nitrogens with zero attached hydrogens (tertiary/aromatic N) is 3. The number of aliphatic hydroxyl groups excluding tert-OH is 1. The second-order valence-corrected chi connectivity index (χ2v) is 7.59. The van der Waals surface area contributed by atoms with Gasteiger partial charge in [0, 0.05) is 31.9 Å². The molecule has 3 rings (SSSR count). The van der Waals surface area contributed by atoms with E-state index in [4.69, 9.17) is 11.6 Å². The Kier molecular flexibility index (Phi) is 6.36. The summed E-state index contributed by atoms with van der Waals surface area (Å²) in [5.74, 6) is 0.284. The molecule has 2 N–H and O–H groups in total. The van der Waals surface area contributed by atoms with E-state index in [2.05, 4.69) is 10.3 Å². The maximum atomic E-state index is 12.7. The molecule has 0 spiro atoms. The van der Waals surface area contributed by atoms with Crippen LogP contribution in [0, 0.1) is 5.92 Å². The molecule has 1 atom stereocenters. The predicted octanol–water partition coefficient (Wildman–Crippen LogP) is 2.83. The van der Waals surface area contributed by atoms with E-state index >= 15 is 0 Å². The van der Waals surface area contributed by atoms with Crippen LogP contribution < -0.4 is 15.9 Å². The van der Waals surface area contributed by atoms with Crippen molar-refractivity contribution >= 4 is 29.0 Å². The molecule has 0 bridgehead atoms. The number of halogens is 1. The van der Waals surface area contributed by atoms with E-state index in [1.54, 1.807) is 43.3 Å². The van der Waals surface area contributed by atoms with Crippen molar-refractivity contribution in [2.24, 2.45) is 13.0 Å². The van der Waals surface area contributed by atoms with Gasteiger partial charge in [0.25, 0.3) is 5.91 Å². The zero-order chi connectivity index (χ0) is 20.3. The zero-order valence-electron chi connectivity index (χ0n) is 16.1. The van der Waals surface area contributed by atoms with E-state index in [9.17, 15) is 14.7 Å². The van der Waals surface area contributed by atoms with Gasteiger partial charge in [-0.1, -0.05) is 30.9 Å². The van der Waals surface area contributed by atoms with Crippen LogP contribution in [-0.2, 0) is 7.05 Å². The average Bonchev–Trinajstić information content (AvgIpc) is 2.70. The van der Waals surface area contributed by atoms with E-state index in [1.165, 1.54) is 17.2 Å². The lowest BCUT2D eigenvalue weighted by Gasteiger charge is -2.27. The van der Waals surface area contributed by atoms with Gasteiger partial charge < -0.3 is 15.3 Å². The molecule has 1 aliphatic rings. The van der Waals surface area contributed by atoms with Gasteiger partial charge in [-0.05, 0) is 37.1 Å². The Balaban J connectivity index is 1.81. The first-order chi connectivity index (χ1) is 13.4. The molecule has 28 heavy (non-hydrogen) atoms. The molecule has 1 heterocycles. The van der Waals surface area contributed by atoms with Gasteiger partial charge in [0.1, 0.15) is 12.0 Å². The monoisotopic (exact) mass is 404 g/mol. The summed E-state index contributed by atoms with van der Waals surface area (Å²) in [6, 6.07) is 6.76. The molecule has 1 aromatic heterocycles. The molecule has 1 unspecified atom stereocenters. The lowest BCUT2D eigenvalue weighted by atomic mass is 9.88. The number of hydrogen-bond donors (Lipinski definition) is 2. The van der Waals surface area contributed by atoms with Gasteiger partial charge in [-0.15, -0.1) is 0 Å². The molecule has 1 aromatic carbocycles. The molecule has 8 heteroatoms. The largest absolute Gasteiger partial charge is 0.373 e. The Hall–Kier alpha value is -2.38. The minimum absolute atomic E-state index is 0.0775. The highest BCUT2D eigenvalue weighted by molar-refractivity contribution is 6.34. The molecule has 0 aliphatic heterocycles. The molecule has 7 nitrogen and oxygen atoms in total. The highest BCUT2D eigenvalue weighted by Crippen LogP contribution is 2.28. The second-order valence-electron chi connectivity index (χ2n) is 7.18. The minimum atomic E-state index is -0.883. The fourth-order valence-corrected chi connectivity index (χ4v) is 3.81. The molecular weight excluding hydrogens is 380 g/mol. The van der Waals surface area contributed by atoms with Crippen LogP contribution in [0.4, 0.5) is 11.5 Å². The Morgan fingerprint density at radius 3 is 2.75 bits per heavy atom. The smallest absolute Gasteiger partial charge is 0.348 e. The molecule has 2 aromatic rings. The molecule has 1 fully saturated rings. The van der Waals surface area contributed by atoms with Crippen molar-refractivity contribution < 1.29 is 9.90 Å². The molecular formula is C20H25ClN4O3. The summed E-state index contributed by atoms with van der Waals surface area (Å²) in [7, 11) is 3.42. The number of carbonyl (C=O) groups excluding carboxylic acids is 1. The van der Waals surface area contributed by atoms with Crippen molar-refractivity contribution in [2.75, 3.05) is 11.9 Å². The minimum Gasteiger partial charge on any atom is -0.373 e. The van der Waals surface area contributed by atoms with Crippen LogP contribution in [-0.4, -0.2) is 33.8 Å². The number of carbonyl (C=O) groups is 1. The standard InChI is InChI=1S/C20H25ClN4O3/c1-24(17-10-11-22-20(28)25(17)2)14-8-9-16(21)15(12-14)19(27)23-18(26)13-6-4-3-5-7-13/h8-13,18,26H,3-7H2,1-2H3,(H,23,27). The summed E-state index contributed by atoms with van der Waals surface area (Å²) < 4.78 is 1.42. The van der Waals surface area contributed by atoms with Crippen molar-refractivity contribution in [1.82, 2.24) is 14.9 Å². The average molecular weight is 405 g/mol. The van der Waals surface area contributed by atoms with Crippen LogP contribution in [0.1, 0.15) is 42.5 Å². The van der Waals surface area contributed by atoms with E-state index in [0.717, 1.165) is 25.7 Å². The van der Waals surface area contributed by atoms with Crippen molar-refractivity contribution in [2.45, 2.75) is 38.3 Å². The van der Waals surface area contributed by atoms with E-state index in [1.807, 2.05) is 0 Å². The van der Waals surface area contributed by atoms with Crippen LogP contribution >= 0.6 is 11.6 Å². The first-order valence-corrected chi connectivity index (χ1v) is 9.80. The van der Waals surface area contributed by atoms with Crippen molar-refractivity contribution in [3.8, 4) is 0 Å². The number of rotatable bonds is 5. The molecule has 1 saturated carbocycles. The van der Waals surface area contributed by atoms with Crippen LogP contribution in [0.3, 0.4) is 0 Å². The predicted molar refractivity (Wildman–Crippen MR) is 109 cm³/mol.